The standard InChI is InChI=1S/C30H27Cl4N3O4S2/c1-13(26(38)37-28-18(12-35)17-9-8-14(30(2,3)4)10-19(17)43-28)42-16-7-5-6-15(11-16)36-27(39)20-21(29(40)41)23(32)25(34)24(33)22(20)31/h5-7,11,13-14H,8-10H2,1-4H3,(H,36,39)(H,37,38)(H,40,41). The number of anilines is 2. The molecule has 226 valence electrons. The topological polar surface area (TPSA) is 119 Å². The second-order valence-electron chi connectivity index (χ2n) is 11.2. The van der Waals surface area contributed by atoms with Crippen LogP contribution in [0, 0.1) is 22.7 Å². The van der Waals surface area contributed by atoms with E-state index in [-0.39, 0.29) is 26.4 Å². The number of hydrogen-bond acceptors (Lipinski definition) is 6. The van der Waals surface area contributed by atoms with Crippen LogP contribution in [0.15, 0.2) is 29.2 Å². The fourth-order valence-corrected chi connectivity index (χ4v) is 8.12. The zero-order valence-corrected chi connectivity index (χ0v) is 28.2. The summed E-state index contributed by atoms with van der Waals surface area (Å²) in [6.45, 7) is 8.44. The van der Waals surface area contributed by atoms with Gasteiger partial charge in [0.2, 0.25) is 5.91 Å². The molecule has 3 N–H and O–H groups in total. The molecule has 0 radical (unpaired) electrons. The first-order valence-electron chi connectivity index (χ1n) is 13.2. The number of thiophene rings is 1. The summed E-state index contributed by atoms with van der Waals surface area (Å²) >= 11 is 27.1. The minimum absolute atomic E-state index is 0.163. The lowest BCUT2D eigenvalue weighted by atomic mass is 9.72. The van der Waals surface area contributed by atoms with E-state index in [9.17, 15) is 24.8 Å². The third-order valence-electron chi connectivity index (χ3n) is 7.32. The van der Waals surface area contributed by atoms with Gasteiger partial charge in [0.25, 0.3) is 5.91 Å². The number of nitrogens with zero attached hydrogens (tertiary/aromatic N) is 1. The van der Waals surface area contributed by atoms with Crippen molar-refractivity contribution in [2.24, 2.45) is 11.3 Å². The Kier molecular flexibility index (Phi) is 10.3. The number of carbonyl (C=O) groups excluding carboxylic acids is 2. The number of amides is 2. The Labute approximate surface area is 277 Å². The molecule has 43 heavy (non-hydrogen) atoms. The van der Waals surface area contributed by atoms with Gasteiger partial charge in [-0.05, 0) is 61.3 Å². The summed E-state index contributed by atoms with van der Waals surface area (Å²) < 4.78 is 0. The molecule has 2 aromatic carbocycles. The van der Waals surface area contributed by atoms with Crippen molar-refractivity contribution in [3.8, 4) is 6.07 Å². The second-order valence-corrected chi connectivity index (χ2v) is 15.2. The molecule has 0 bridgehead atoms. The molecule has 1 heterocycles. The lowest BCUT2D eigenvalue weighted by Crippen LogP contribution is -2.26. The van der Waals surface area contributed by atoms with Gasteiger partial charge in [-0.15, -0.1) is 23.1 Å². The summed E-state index contributed by atoms with van der Waals surface area (Å²) in [4.78, 5) is 40.0. The number of carboxylic acids is 1. The van der Waals surface area contributed by atoms with Crippen molar-refractivity contribution in [3.05, 3.63) is 71.5 Å². The second kappa shape index (κ2) is 13.3. The lowest BCUT2D eigenvalue weighted by Gasteiger charge is -2.33. The molecular weight excluding hydrogens is 672 g/mol. The van der Waals surface area contributed by atoms with Crippen molar-refractivity contribution in [2.45, 2.75) is 57.1 Å². The summed E-state index contributed by atoms with van der Waals surface area (Å²) in [6.07, 6.45) is 2.73. The first-order valence-corrected chi connectivity index (χ1v) is 16.4. The molecule has 7 nitrogen and oxygen atoms in total. The molecule has 0 aliphatic heterocycles. The quantitative estimate of drug-likeness (QED) is 0.128. The highest BCUT2D eigenvalue weighted by Crippen LogP contribution is 2.45. The van der Waals surface area contributed by atoms with Gasteiger partial charge >= 0.3 is 5.97 Å². The third-order valence-corrected chi connectivity index (χ3v) is 11.4. The number of fused-ring (bicyclic) bond motifs is 1. The molecule has 1 aliphatic rings. The van der Waals surface area contributed by atoms with Crippen molar-refractivity contribution in [2.75, 3.05) is 10.6 Å². The molecule has 0 saturated heterocycles. The van der Waals surface area contributed by atoms with Crippen LogP contribution in [0.4, 0.5) is 10.7 Å². The van der Waals surface area contributed by atoms with Gasteiger partial charge in [-0.25, -0.2) is 4.79 Å². The van der Waals surface area contributed by atoms with Gasteiger partial charge in [-0.3, -0.25) is 9.59 Å². The minimum Gasteiger partial charge on any atom is -0.478 e. The Bertz CT molecular complexity index is 1680. The van der Waals surface area contributed by atoms with Crippen LogP contribution in [-0.2, 0) is 17.6 Å². The summed E-state index contributed by atoms with van der Waals surface area (Å²) in [5.41, 5.74) is 1.07. The van der Waals surface area contributed by atoms with Crippen LogP contribution in [0.1, 0.15) is 70.8 Å². The predicted molar refractivity (Wildman–Crippen MR) is 176 cm³/mol. The van der Waals surface area contributed by atoms with E-state index < -0.39 is 33.3 Å². The molecule has 13 heteroatoms. The predicted octanol–water partition coefficient (Wildman–Crippen LogP) is 9.45. The highest BCUT2D eigenvalue weighted by atomic mass is 35.5. The maximum atomic E-state index is 13.2. The monoisotopic (exact) mass is 697 g/mol. The number of aromatic carboxylic acids is 1. The van der Waals surface area contributed by atoms with Crippen LogP contribution in [-0.4, -0.2) is 28.1 Å². The van der Waals surface area contributed by atoms with Crippen molar-refractivity contribution < 1.29 is 19.5 Å². The maximum absolute atomic E-state index is 13.2. The lowest BCUT2D eigenvalue weighted by molar-refractivity contribution is -0.115. The molecular formula is C30H27Cl4N3O4S2. The smallest absolute Gasteiger partial charge is 0.338 e. The van der Waals surface area contributed by atoms with Gasteiger partial charge in [0.05, 0.1) is 42.0 Å². The molecule has 0 fully saturated rings. The summed E-state index contributed by atoms with van der Waals surface area (Å²) in [6, 6.07) is 8.98. The number of thioether (sulfide) groups is 1. The summed E-state index contributed by atoms with van der Waals surface area (Å²) in [5, 5.41) is 23.9. The van der Waals surface area contributed by atoms with E-state index in [1.165, 1.54) is 23.1 Å². The van der Waals surface area contributed by atoms with E-state index in [4.69, 9.17) is 46.4 Å². The Morgan fingerprint density at radius 2 is 1.72 bits per heavy atom. The Morgan fingerprint density at radius 3 is 2.33 bits per heavy atom. The van der Waals surface area contributed by atoms with E-state index in [1.54, 1.807) is 31.2 Å². The van der Waals surface area contributed by atoms with E-state index in [2.05, 4.69) is 37.5 Å². The van der Waals surface area contributed by atoms with Gasteiger partial charge in [-0.1, -0.05) is 73.2 Å². The number of nitriles is 1. The van der Waals surface area contributed by atoms with Crippen LogP contribution >= 0.6 is 69.5 Å². The van der Waals surface area contributed by atoms with Crippen LogP contribution in [0.2, 0.25) is 20.1 Å². The Balaban J connectivity index is 1.49. The molecule has 2 atom stereocenters. The Morgan fingerprint density at radius 1 is 1.07 bits per heavy atom. The van der Waals surface area contributed by atoms with Gasteiger partial charge in [0.15, 0.2) is 0 Å². The first-order chi connectivity index (χ1) is 20.1. The number of benzene rings is 2. The van der Waals surface area contributed by atoms with Gasteiger partial charge in [0.1, 0.15) is 11.1 Å². The largest absolute Gasteiger partial charge is 0.478 e. The number of rotatable bonds is 7. The first kappa shape index (κ1) is 33.4. The maximum Gasteiger partial charge on any atom is 0.338 e. The summed E-state index contributed by atoms with van der Waals surface area (Å²) in [7, 11) is 0. The van der Waals surface area contributed by atoms with Crippen LogP contribution < -0.4 is 10.6 Å². The molecule has 4 rings (SSSR count). The highest BCUT2D eigenvalue weighted by Gasteiger charge is 2.33. The molecule has 2 amide bonds. The molecule has 0 saturated carbocycles. The van der Waals surface area contributed by atoms with Crippen molar-refractivity contribution >= 4 is 98.0 Å². The van der Waals surface area contributed by atoms with Gasteiger partial charge in [-0.2, -0.15) is 5.26 Å². The van der Waals surface area contributed by atoms with E-state index in [1.807, 2.05) is 0 Å². The van der Waals surface area contributed by atoms with Gasteiger partial charge in [0, 0.05) is 15.5 Å². The van der Waals surface area contributed by atoms with Crippen molar-refractivity contribution in [1.82, 2.24) is 0 Å². The number of carboxylic acid groups (broad SMARTS) is 1. The minimum atomic E-state index is -1.50. The van der Waals surface area contributed by atoms with E-state index >= 15 is 0 Å². The van der Waals surface area contributed by atoms with Crippen LogP contribution in [0.5, 0.6) is 0 Å². The average molecular weight is 700 g/mol. The highest BCUT2D eigenvalue weighted by molar-refractivity contribution is 8.00. The zero-order chi connectivity index (χ0) is 31.8. The molecule has 2 unspecified atom stereocenters. The molecule has 0 spiro atoms. The van der Waals surface area contributed by atoms with E-state index in [0.29, 0.717) is 27.1 Å². The third kappa shape index (κ3) is 7.11. The fourth-order valence-electron chi connectivity index (χ4n) is 4.89. The zero-order valence-electron chi connectivity index (χ0n) is 23.5. The average Bonchev–Trinajstić information content (AvgIpc) is 3.29. The summed E-state index contributed by atoms with van der Waals surface area (Å²) in [5.74, 6) is -2.10. The number of hydrogen-bond donors (Lipinski definition) is 3. The Hall–Kier alpha value is -2.45. The van der Waals surface area contributed by atoms with Crippen molar-refractivity contribution in [1.29, 1.82) is 5.26 Å². The molecule has 1 aliphatic carbocycles. The van der Waals surface area contributed by atoms with Crippen LogP contribution in [0.25, 0.3) is 0 Å². The SMILES string of the molecule is CC(Sc1cccc(NC(=O)c2c(Cl)c(Cl)c(Cl)c(Cl)c2C(=O)O)c1)C(=O)Nc1sc2c(c1C#N)CCC(C(C)(C)C)C2. The van der Waals surface area contributed by atoms with Gasteiger partial charge < -0.3 is 15.7 Å². The number of nitrogens with one attached hydrogen (secondary N) is 2. The number of carbonyl (C=O) groups is 3. The van der Waals surface area contributed by atoms with Crippen molar-refractivity contribution in [3.63, 3.8) is 0 Å². The fraction of sp³-hybridized carbons (Fsp3) is 0.333. The number of halogens is 4. The van der Waals surface area contributed by atoms with E-state index in [0.717, 1.165) is 29.7 Å². The van der Waals surface area contributed by atoms with Crippen LogP contribution in [0.3, 0.4) is 0 Å². The normalized spacial score (nSPS) is 15.3. The molecule has 3 aromatic rings. The molecule has 1 aromatic heterocycles.